The molecule has 0 saturated carbocycles. The molecule has 6 heteroatoms. The SMILES string of the molecule is Fc1cc(F)cc(-n2c(CCCl)nc3ccc(F)cc32)c1. The van der Waals surface area contributed by atoms with Gasteiger partial charge in [-0.2, -0.15) is 0 Å². The molecule has 3 aromatic rings. The van der Waals surface area contributed by atoms with Gasteiger partial charge >= 0.3 is 0 Å². The van der Waals surface area contributed by atoms with Crippen LogP contribution in [-0.2, 0) is 6.42 Å². The Morgan fingerprint density at radius 3 is 2.33 bits per heavy atom. The lowest BCUT2D eigenvalue weighted by atomic mass is 10.2. The number of aromatic nitrogens is 2. The standard InChI is InChI=1S/C15H10ClF3N2/c16-4-3-15-20-13-2-1-9(17)8-14(13)21(15)12-6-10(18)5-11(19)7-12/h1-2,5-8H,3-4H2. The van der Waals surface area contributed by atoms with Gasteiger partial charge in [0.05, 0.1) is 16.7 Å². The highest BCUT2D eigenvalue weighted by atomic mass is 35.5. The maximum absolute atomic E-state index is 13.5. The van der Waals surface area contributed by atoms with E-state index in [1.807, 2.05) is 0 Å². The number of hydrogen-bond donors (Lipinski definition) is 0. The largest absolute Gasteiger partial charge is 0.296 e. The highest BCUT2D eigenvalue weighted by Gasteiger charge is 2.14. The first kappa shape index (κ1) is 13.9. The molecule has 3 rings (SSSR count). The van der Waals surface area contributed by atoms with E-state index in [9.17, 15) is 13.2 Å². The minimum absolute atomic E-state index is 0.251. The fourth-order valence-electron chi connectivity index (χ4n) is 2.31. The van der Waals surface area contributed by atoms with Crippen LogP contribution in [0.4, 0.5) is 13.2 Å². The number of halogens is 4. The van der Waals surface area contributed by atoms with Crippen molar-refractivity contribution < 1.29 is 13.2 Å². The monoisotopic (exact) mass is 310 g/mol. The maximum atomic E-state index is 13.5. The van der Waals surface area contributed by atoms with Gasteiger partial charge in [-0.15, -0.1) is 11.6 Å². The molecular weight excluding hydrogens is 301 g/mol. The predicted octanol–water partition coefficient (Wildman–Crippen LogP) is 4.22. The van der Waals surface area contributed by atoms with Gasteiger partial charge in [0.25, 0.3) is 0 Å². The third-order valence-corrected chi connectivity index (χ3v) is 3.30. The van der Waals surface area contributed by atoms with Crippen LogP contribution in [0.15, 0.2) is 36.4 Å². The van der Waals surface area contributed by atoms with Gasteiger partial charge in [-0.25, -0.2) is 18.2 Å². The van der Waals surface area contributed by atoms with E-state index >= 15 is 0 Å². The molecule has 0 atom stereocenters. The first-order valence-corrected chi connectivity index (χ1v) is 6.81. The molecule has 0 radical (unpaired) electrons. The van der Waals surface area contributed by atoms with Crippen LogP contribution in [0.5, 0.6) is 0 Å². The van der Waals surface area contributed by atoms with Crippen LogP contribution < -0.4 is 0 Å². The topological polar surface area (TPSA) is 17.8 Å². The van der Waals surface area contributed by atoms with Crippen LogP contribution in [0, 0.1) is 17.5 Å². The number of benzene rings is 2. The molecular formula is C15H10ClF3N2. The van der Waals surface area contributed by atoms with E-state index in [0.717, 1.165) is 6.07 Å². The van der Waals surface area contributed by atoms with Crippen molar-refractivity contribution in [2.75, 3.05) is 5.88 Å². The molecule has 108 valence electrons. The van der Waals surface area contributed by atoms with Crippen molar-refractivity contribution in [3.05, 3.63) is 59.7 Å². The summed E-state index contributed by atoms with van der Waals surface area (Å²) in [5, 5.41) is 0. The van der Waals surface area contributed by atoms with E-state index in [4.69, 9.17) is 11.6 Å². The average molecular weight is 311 g/mol. The molecule has 2 nitrogen and oxygen atoms in total. The van der Waals surface area contributed by atoms with Crippen molar-refractivity contribution in [3.63, 3.8) is 0 Å². The van der Waals surface area contributed by atoms with E-state index in [2.05, 4.69) is 4.98 Å². The summed E-state index contributed by atoms with van der Waals surface area (Å²) in [6.07, 6.45) is 0.399. The Bertz CT molecular complexity index is 794. The van der Waals surface area contributed by atoms with Crippen LogP contribution in [0.25, 0.3) is 16.7 Å². The summed E-state index contributed by atoms with van der Waals surface area (Å²) in [6, 6.07) is 7.22. The van der Waals surface area contributed by atoms with E-state index in [1.165, 1.54) is 34.9 Å². The molecule has 0 amide bonds. The van der Waals surface area contributed by atoms with Gasteiger partial charge in [-0.05, 0) is 24.3 Å². The molecule has 1 heterocycles. The van der Waals surface area contributed by atoms with Crippen molar-refractivity contribution in [2.45, 2.75) is 6.42 Å². The summed E-state index contributed by atoms with van der Waals surface area (Å²) in [4.78, 5) is 4.35. The first-order valence-electron chi connectivity index (χ1n) is 6.28. The van der Waals surface area contributed by atoms with Gasteiger partial charge in [-0.1, -0.05) is 0 Å². The smallest absolute Gasteiger partial charge is 0.128 e. The molecule has 0 saturated heterocycles. The molecule has 0 aliphatic rings. The zero-order chi connectivity index (χ0) is 15.0. The molecule has 2 aromatic carbocycles. The second-order valence-electron chi connectivity index (χ2n) is 4.56. The minimum Gasteiger partial charge on any atom is -0.296 e. The summed E-state index contributed by atoms with van der Waals surface area (Å²) in [5.74, 6) is -1.04. The summed E-state index contributed by atoms with van der Waals surface area (Å²) in [7, 11) is 0. The quantitative estimate of drug-likeness (QED) is 0.662. The van der Waals surface area contributed by atoms with E-state index in [-0.39, 0.29) is 5.69 Å². The molecule has 21 heavy (non-hydrogen) atoms. The van der Waals surface area contributed by atoms with Crippen molar-refractivity contribution in [3.8, 4) is 5.69 Å². The van der Waals surface area contributed by atoms with E-state index in [1.54, 1.807) is 0 Å². The van der Waals surface area contributed by atoms with Crippen molar-refractivity contribution in [2.24, 2.45) is 0 Å². The molecule has 0 N–H and O–H groups in total. The lowest BCUT2D eigenvalue weighted by Crippen LogP contribution is -2.03. The fourth-order valence-corrected chi connectivity index (χ4v) is 2.48. The van der Waals surface area contributed by atoms with Gasteiger partial charge in [0, 0.05) is 24.4 Å². The molecule has 0 aliphatic carbocycles. The lowest BCUT2D eigenvalue weighted by molar-refractivity contribution is 0.581. The Morgan fingerprint density at radius 1 is 0.952 bits per heavy atom. The van der Waals surface area contributed by atoms with Crippen LogP contribution in [0.1, 0.15) is 5.82 Å². The Morgan fingerprint density at radius 2 is 1.67 bits per heavy atom. The number of aryl methyl sites for hydroxylation is 1. The third-order valence-electron chi connectivity index (χ3n) is 3.11. The fraction of sp³-hybridized carbons (Fsp3) is 0.133. The maximum Gasteiger partial charge on any atom is 0.128 e. The van der Waals surface area contributed by atoms with Crippen LogP contribution >= 0.6 is 11.6 Å². The summed E-state index contributed by atoms with van der Waals surface area (Å²) < 4.78 is 41.9. The zero-order valence-corrected chi connectivity index (χ0v) is 11.5. The number of nitrogens with zero attached hydrogens (tertiary/aromatic N) is 2. The van der Waals surface area contributed by atoms with Gasteiger partial charge in [0.15, 0.2) is 0 Å². The summed E-state index contributed by atoms with van der Waals surface area (Å²) in [6.45, 7) is 0. The van der Waals surface area contributed by atoms with Crippen molar-refractivity contribution >= 4 is 22.6 Å². The molecule has 0 unspecified atom stereocenters. The Hall–Kier alpha value is -2.01. The van der Waals surface area contributed by atoms with Gasteiger partial charge in [0.2, 0.25) is 0 Å². The van der Waals surface area contributed by atoms with E-state index in [0.29, 0.717) is 29.2 Å². The molecule has 1 aromatic heterocycles. The molecule has 0 spiro atoms. The second kappa shape index (κ2) is 5.41. The normalized spacial score (nSPS) is 11.2. The van der Waals surface area contributed by atoms with Crippen molar-refractivity contribution in [1.82, 2.24) is 9.55 Å². The lowest BCUT2D eigenvalue weighted by Gasteiger charge is -2.09. The zero-order valence-electron chi connectivity index (χ0n) is 10.8. The van der Waals surface area contributed by atoms with Gasteiger partial charge in [-0.3, -0.25) is 4.57 Å². The Balaban J connectivity index is 2.32. The molecule has 0 fully saturated rings. The van der Waals surface area contributed by atoms with E-state index < -0.39 is 17.5 Å². The average Bonchev–Trinajstić information content (AvgIpc) is 2.75. The number of rotatable bonds is 3. The number of fused-ring (bicyclic) bond motifs is 1. The highest BCUT2D eigenvalue weighted by molar-refractivity contribution is 6.17. The molecule has 0 bridgehead atoms. The first-order chi connectivity index (χ1) is 10.1. The van der Waals surface area contributed by atoms with Crippen LogP contribution in [0.3, 0.4) is 0 Å². The van der Waals surface area contributed by atoms with Gasteiger partial charge in [0.1, 0.15) is 23.3 Å². The Kier molecular flexibility index (Phi) is 3.59. The highest BCUT2D eigenvalue weighted by Crippen LogP contribution is 2.24. The predicted molar refractivity (Wildman–Crippen MR) is 75.4 cm³/mol. The number of hydrogen-bond acceptors (Lipinski definition) is 1. The number of alkyl halides is 1. The third kappa shape index (κ3) is 2.61. The number of imidazole rings is 1. The second-order valence-corrected chi connectivity index (χ2v) is 4.94. The van der Waals surface area contributed by atoms with Gasteiger partial charge < -0.3 is 0 Å². The van der Waals surface area contributed by atoms with Crippen LogP contribution in [0.2, 0.25) is 0 Å². The van der Waals surface area contributed by atoms with Crippen molar-refractivity contribution in [1.29, 1.82) is 0 Å². The Labute approximate surface area is 123 Å². The minimum atomic E-state index is -0.708. The van der Waals surface area contributed by atoms with Crippen LogP contribution in [-0.4, -0.2) is 15.4 Å². The molecule has 0 aliphatic heterocycles. The summed E-state index contributed by atoms with van der Waals surface area (Å²) in [5.41, 5.74) is 1.24. The summed E-state index contributed by atoms with van der Waals surface area (Å²) >= 11 is 5.74.